The molecule has 1 atom stereocenters. The predicted octanol–water partition coefficient (Wildman–Crippen LogP) is 5.64. The number of rotatable bonds is 8. The average molecular weight is 437 g/mol. The van der Waals surface area contributed by atoms with Gasteiger partial charge in [0.25, 0.3) is 0 Å². The summed E-state index contributed by atoms with van der Waals surface area (Å²) in [5, 5.41) is 0. The molecule has 2 rings (SSSR count). The number of hydrogen-bond acceptors (Lipinski definition) is 1. The normalized spacial score (nSPS) is 12.7. The maximum absolute atomic E-state index is 6.22. The number of ether oxygens (including phenoxy) is 1. The van der Waals surface area contributed by atoms with Gasteiger partial charge in [0.15, 0.2) is 0 Å². The maximum Gasteiger partial charge on any atom is 0.230 e. The van der Waals surface area contributed by atoms with Crippen LogP contribution in [0.2, 0.25) is 0 Å². The van der Waals surface area contributed by atoms with Crippen molar-refractivity contribution in [1.29, 1.82) is 0 Å². The van der Waals surface area contributed by atoms with Crippen LogP contribution in [0.5, 0.6) is 0 Å². The topological polar surface area (TPSA) is 9.23 Å². The highest BCUT2D eigenvalue weighted by Gasteiger charge is 2.39. The molecule has 0 saturated carbocycles. The van der Waals surface area contributed by atoms with Crippen molar-refractivity contribution in [3.63, 3.8) is 0 Å². The molecule has 0 N–H and O–H groups in total. The summed E-state index contributed by atoms with van der Waals surface area (Å²) < 4.78 is 6.22. The van der Waals surface area contributed by atoms with Gasteiger partial charge in [-0.3, -0.25) is 0 Å². The van der Waals surface area contributed by atoms with Gasteiger partial charge >= 0.3 is 0 Å². The summed E-state index contributed by atoms with van der Waals surface area (Å²) in [6.07, 6.45) is 2.14. The monoisotopic (exact) mass is 437 g/mol. The molecule has 0 aliphatic heterocycles. The Morgan fingerprint density at radius 3 is 1.83 bits per heavy atom. The van der Waals surface area contributed by atoms with Gasteiger partial charge in [0.05, 0.1) is 0 Å². The van der Waals surface area contributed by atoms with Gasteiger partial charge in [-0.25, -0.2) is 0 Å². The lowest BCUT2D eigenvalue weighted by Crippen LogP contribution is -2.36. The average Bonchev–Trinajstić information content (AvgIpc) is 2.59. The van der Waals surface area contributed by atoms with Gasteiger partial charge < -0.3 is 4.74 Å². The lowest BCUT2D eigenvalue weighted by atomic mass is 9.74. The quantitative estimate of drug-likeness (QED) is 0.295. The van der Waals surface area contributed by atoms with Crippen LogP contribution in [0.3, 0.4) is 0 Å². The van der Waals surface area contributed by atoms with E-state index in [0.717, 1.165) is 14.9 Å². The molecule has 0 heterocycles. The van der Waals surface area contributed by atoms with Crippen molar-refractivity contribution in [1.82, 2.24) is 0 Å². The molecule has 1 radical (unpaired) electrons. The maximum atomic E-state index is 6.22. The van der Waals surface area contributed by atoms with E-state index in [4.69, 9.17) is 4.74 Å². The molecule has 0 aromatic heterocycles. The molecule has 2 aromatic carbocycles. The summed E-state index contributed by atoms with van der Waals surface area (Å²) in [6.45, 7) is 4.69. The summed E-state index contributed by atoms with van der Waals surface area (Å²) in [5.74, 6) is 0. The minimum absolute atomic E-state index is 0.196. The first kappa shape index (κ1) is 19.0. The summed E-state index contributed by atoms with van der Waals surface area (Å²) >= 11 is 2.35. The summed E-state index contributed by atoms with van der Waals surface area (Å²) in [5.41, 5.74) is 2.25. The smallest absolute Gasteiger partial charge is 0.230 e. The van der Waals surface area contributed by atoms with Crippen LogP contribution in [0.15, 0.2) is 60.7 Å². The molecule has 1 unspecified atom stereocenters. The van der Waals surface area contributed by atoms with E-state index in [1.165, 1.54) is 17.3 Å². The Balaban J connectivity index is 2.47. The van der Waals surface area contributed by atoms with Crippen LogP contribution in [-0.4, -0.2) is 18.1 Å². The van der Waals surface area contributed by atoms with Crippen LogP contribution in [0.1, 0.15) is 31.4 Å². The van der Waals surface area contributed by atoms with Crippen molar-refractivity contribution in [2.45, 2.75) is 25.9 Å². The van der Waals surface area contributed by atoms with Gasteiger partial charge in [-0.15, -0.1) is 8.46 Å². The molecule has 0 bridgehead atoms. The number of methoxy groups -OCH3 is 1. The standard InChI is InChI=1S/C19H24BIOP/c1-18(2,15-23-20-21)14-19(22-3,16-10-6-4-7-11-16)17-12-8-5-9-13-17/h4-13,23H,14-15H2,1-3H3. The van der Waals surface area contributed by atoms with E-state index in [-0.39, 0.29) is 5.41 Å². The first-order valence-corrected chi connectivity index (χ1v) is 10.4. The van der Waals surface area contributed by atoms with Crippen molar-refractivity contribution in [2.24, 2.45) is 5.41 Å². The third kappa shape index (κ3) is 4.81. The zero-order valence-electron chi connectivity index (χ0n) is 14.1. The van der Waals surface area contributed by atoms with Gasteiger partial charge in [0.1, 0.15) is 5.60 Å². The van der Waals surface area contributed by atoms with Crippen molar-refractivity contribution in [2.75, 3.05) is 13.3 Å². The lowest BCUT2D eigenvalue weighted by Gasteiger charge is -2.40. The second kappa shape index (κ2) is 8.64. The van der Waals surface area contributed by atoms with Gasteiger partial charge in [-0.2, -0.15) is 22.4 Å². The van der Waals surface area contributed by atoms with E-state index in [2.05, 4.69) is 102 Å². The Labute approximate surface area is 156 Å². The summed E-state index contributed by atoms with van der Waals surface area (Å²) in [4.78, 5) is 2.25. The van der Waals surface area contributed by atoms with Gasteiger partial charge in [0, 0.05) is 7.11 Å². The van der Waals surface area contributed by atoms with Crippen LogP contribution >= 0.6 is 30.8 Å². The highest BCUT2D eigenvalue weighted by molar-refractivity contribution is 14.1. The van der Waals surface area contributed by atoms with Crippen LogP contribution in [0, 0.1) is 5.41 Å². The van der Waals surface area contributed by atoms with Crippen molar-refractivity contribution < 1.29 is 4.74 Å². The molecule has 0 amide bonds. The molecular weight excluding hydrogens is 413 g/mol. The number of halogens is 1. The zero-order valence-corrected chi connectivity index (χ0v) is 17.2. The lowest BCUT2D eigenvalue weighted by molar-refractivity contribution is -0.0102. The van der Waals surface area contributed by atoms with Gasteiger partial charge in [0.2, 0.25) is 4.86 Å². The summed E-state index contributed by atoms with van der Waals surface area (Å²) in [6, 6.07) is 21.2. The van der Waals surface area contributed by atoms with E-state index >= 15 is 0 Å². The van der Waals surface area contributed by atoms with E-state index in [1.807, 2.05) is 7.11 Å². The second-order valence-electron chi connectivity index (χ2n) is 6.59. The molecule has 0 spiro atoms. The van der Waals surface area contributed by atoms with Crippen LogP contribution in [0.25, 0.3) is 0 Å². The molecular formula is C19H24BIOP. The SMILES string of the molecule is COC(CC(C)(C)CP[B]I)(c1ccccc1)c1ccccc1. The first-order valence-electron chi connectivity index (χ1n) is 7.85. The number of hydrogen-bond donors (Lipinski definition) is 0. The highest BCUT2D eigenvalue weighted by atomic mass is 127. The molecule has 1 nitrogen and oxygen atoms in total. The zero-order chi connectivity index (χ0) is 16.8. The van der Waals surface area contributed by atoms with Crippen LogP contribution < -0.4 is 0 Å². The minimum Gasteiger partial charge on any atom is -0.369 e. The van der Waals surface area contributed by atoms with E-state index in [1.54, 1.807) is 0 Å². The Hall–Kier alpha value is -0.375. The Morgan fingerprint density at radius 2 is 1.43 bits per heavy atom. The molecule has 23 heavy (non-hydrogen) atoms. The molecule has 0 fully saturated rings. The van der Waals surface area contributed by atoms with Crippen molar-refractivity contribution >= 4 is 35.7 Å². The largest absolute Gasteiger partial charge is 0.369 e. The van der Waals surface area contributed by atoms with Gasteiger partial charge in [-0.05, 0) is 29.1 Å². The Bertz CT molecular complexity index is 549. The molecule has 0 aliphatic rings. The van der Waals surface area contributed by atoms with Crippen LogP contribution in [0.4, 0.5) is 0 Å². The van der Waals surface area contributed by atoms with Crippen molar-refractivity contribution in [3.05, 3.63) is 71.8 Å². The molecule has 0 aliphatic carbocycles. The van der Waals surface area contributed by atoms with E-state index in [0.29, 0.717) is 0 Å². The fourth-order valence-corrected chi connectivity index (χ4v) is 4.56. The first-order chi connectivity index (χ1) is 11.0. The Kier molecular flexibility index (Phi) is 7.12. The third-order valence-corrected chi connectivity index (χ3v) is 6.85. The molecule has 121 valence electrons. The molecule has 4 heteroatoms. The molecule has 2 aromatic rings. The van der Waals surface area contributed by atoms with Crippen LogP contribution in [-0.2, 0) is 10.3 Å². The summed E-state index contributed by atoms with van der Waals surface area (Å²) in [7, 11) is 2.71. The number of benzene rings is 2. The fourth-order valence-electron chi connectivity index (χ4n) is 3.14. The fraction of sp³-hybridized carbons (Fsp3) is 0.368. The molecule has 0 saturated heterocycles. The highest BCUT2D eigenvalue weighted by Crippen LogP contribution is 2.44. The minimum atomic E-state index is -0.401. The van der Waals surface area contributed by atoms with Gasteiger partial charge in [-0.1, -0.05) is 74.5 Å². The Morgan fingerprint density at radius 1 is 0.957 bits per heavy atom. The van der Waals surface area contributed by atoms with E-state index in [9.17, 15) is 0 Å². The van der Waals surface area contributed by atoms with Crippen molar-refractivity contribution in [3.8, 4) is 0 Å². The predicted molar refractivity (Wildman–Crippen MR) is 112 cm³/mol. The second-order valence-corrected chi connectivity index (χ2v) is 9.44. The van der Waals surface area contributed by atoms with E-state index < -0.39 is 5.60 Å². The third-order valence-electron chi connectivity index (χ3n) is 4.21.